The third kappa shape index (κ3) is 3.89. The van der Waals surface area contributed by atoms with Crippen LogP contribution in [-0.4, -0.2) is 52.9 Å². The number of amides is 2. The number of hydrogen-bond donors (Lipinski definition) is 3. The summed E-state index contributed by atoms with van der Waals surface area (Å²) in [6, 6.07) is -1.14. The van der Waals surface area contributed by atoms with Crippen molar-refractivity contribution in [3.8, 4) is 0 Å². The molecular formula is C11H20N2O4. The number of carboxylic acid groups (broad SMARTS) is 1. The van der Waals surface area contributed by atoms with E-state index in [1.807, 2.05) is 0 Å². The van der Waals surface area contributed by atoms with E-state index in [4.69, 9.17) is 10.2 Å². The van der Waals surface area contributed by atoms with Gasteiger partial charge in [0.15, 0.2) is 0 Å². The zero-order valence-electron chi connectivity index (χ0n) is 10.1. The molecule has 1 aliphatic rings. The molecule has 0 aromatic carbocycles. The van der Waals surface area contributed by atoms with Crippen LogP contribution in [0.5, 0.6) is 0 Å². The fraction of sp³-hybridized carbons (Fsp3) is 0.818. The third-order valence-electron chi connectivity index (χ3n) is 3.11. The lowest BCUT2D eigenvalue weighted by Gasteiger charge is -2.20. The maximum absolute atomic E-state index is 11.8. The van der Waals surface area contributed by atoms with E-state index in [1.165, 1.54) is 0 Å². The topological polar surface area (TPSA) is 89.9 Å². The van der Waals surface area contributed by atoms with Gasteiger partial charge in [-0.15, -0.1) is 0 Å². The van der Waals surface area contributed by atoms with Crippen molar-refractivity contribution in [2.75, 3.05) is 19.7 Å². The fourth-order valence-corrected chi connectivity index (χ4v) is 2.01. The molecule has 1 aliphatic heterocycles. The molecule has 0 radical (unpaired) electrons. The average molecular weight is 244 g/mol. The molecule has 0 aromatic heterocycles. The maximum atomic E-state index is 11.8. The number of nitrogens with one attached hydrogen (secondary N) is 1. The smallest absolute Gasteiger partial charge is 0.326 e. The molecule has 0 aliphatic carbocycles. The van der Waals surface area contributed by atoms with E-state index in [0.717, 1.165) is 6.42 Å². The van der Waals surface area contributed by atoms with Crippen LogP contribution in [0.4, 0.5) is 4.79 Å². The van der Waals surface area contributed by atoms with Crippen molar-refractivity contribution >= 4 is 12.0 Å². The first-order valence-corrected chi connectivity index (χ1v) is 5.97. The van der Waals surface area contributed by atoms with Gasteiger partial charge in [0.25, 0.3) is 0 Å². The highest BCUT2D eigenvalue weighted by Crippen LogP contribution is 2.19. The van der Waals surface area contributed by atoms with Crippen LogP contribution in [-0.2, 0) is 4.79 Å². The van der Waals surface area contributed by atoms with Crippen molar-refractivity contribution in [3.63, 3.8) is 0 Å². The molecule has 3 N–H and O–H groups in total. The number of urea groups is 1. The van der Waals surface area contributed by atoms with Crippen LogP contribution >= 0.6 is 0 Å². The van der Waals surface area contributed by atoms with E-state index in [-0.39, 0.29) is 12.6 Å². The second-order valence-corrected chi connectivity index (χ2v) is 4.36. The number of aliphatic hydroxyl groups is 1. The Labute approximate surface area is 101 Å². The van der Waals surface area contributed by atoms with Gasteiger partial charge in [-0.1, -0.05) is 6.92 Å². The Hall–Kier alpha value is -1.30. The van der Waals surface area contributed by atoms with Gasteiger partial charge in [0.2, 0.25) is 0 Å². The van der Waals surface area contributed by atoms with E-state index < -0.39 is 12.0 Å². The van der Waals surface area contributed by atoms with E-state index in [1.54, 1.807) is 11.8 Å². The summed E-state index contributed by atoms with van der Waals surface area (Å²) < 4.78 is 0. The second-order valence-electron chi connectivity index (χ2n) is 4.36. The molecule has 0 aromatic rings. The molecule has 1 fully saturated rings. The SMILES string of the molecule is CC[C@@H](NC(=O)N1CCC(CCO)C1)C(=O)O. The van der Waals surface area contributed by atoms with Crippen molar-refractivity contribution in [2.24, 2.45) is 5.92 Å². The number of rotatable bonds is 5. The van der Waals surface area contributed by atoms with Crippen LogP contribution in [0.3, 0.4) is 0 Å². The number of aliphatic carboxylic acids is 1. The molecule has 0 spiro atoms. The molecule has 6 nitrogen and oxygen atoms in total. The summed E-state index contributed by atoms with van der Waals surface area (Å²) in [5.41, 5.74) is 0. The number of likely N-dealkylation sites (tertiary alicyclic amines) is 1. The summed E-state index contributed by atoms with van der Waals surface area (Å²) >= 11 is 0. The summed E-state index contributed by atoms with van der Waals surface area (Å²) in [6.07, 6.45) is 1.94. The first kappa shape index (κ1) is 13.8. The molecule has 1 unspecified atom stereocenters. The standard InChI is InChI=1S/C11H20N2O4/c1-2-9(10(15)16)12-11(17)13-5-3-8(7-13)4-6-14/h8-9,14H,2-7H2,1H3,(H,12,17)(H,15,16)/t8?,9-/m1/s1. The largest absolute Gasteiger partial charge is 0.480 e. The number of carbonyl (C=O) groups excluding carboxylic acids is 1. The van der Waals surface area contributed by atoms with Gasteiger partial charge in [0, 0.05) is 19.7 Å². The number of carbonyl (C=O) groups is 2. The maximum Gasteiger partial charge on any atom is 0.326 e. The summed E-state index contributed by atoms with van der Waals surface area (Å²) in [6.45, 7) is 3.08. The van der Waals surface area contributed by atoms with E-state index in [9.17, 15) is 9.59 Å². The van der Waals surface area contributed by atoms with Crippen molar-refractivity contribution in [1.29, 1.82) is 0 Å². The predicted octanol–water partition coefficient (Wildman–Crippen LogP) is 0.263. The van der Waals surface area contributed by atoms with E-state index in [2.05, 4.69) is 5.32 Å². The molecule has 2 amide bonds. The van der Waals surface area contributed by atoms with E-state index >= 15 is 0 Å². The van der Waals surface area contributed by atoms with Crippen LogP contribution < -0.4 is 5.32 Å². The van der Waals surface area contributed by atoms with Gasteiger partial charge in [0.1, 0.15) is 6.04 Å². The normalized spacial score (nSPS) is 21.3. The molecule has 1 heterocycles. The molecule has 98 valence electrons. The molecule has 0 bridgehead atoms. The number of aliphatic hydroxyl groups excluding tert-OH is 1. The third-order valence-corrected chi connectivity index (χ3v) is 3.11. The Morgan fingerprint density at radius 2 is 2.24 bits per heavy atom. The molecule has 6 heteroatoms. The summed E-state index contributed by atoms with van der Waals surface area (Å²) in [4.78, 5) is 24.2. The zero-order chi connectivity index (χ0) is 12.8. The highest BCUT2D eigenvalue weighted by molar-refractivity contribution is 5.82. The second kappa shape index (κ2) is 6.44. The molecule has 2 atom stereocenters. The van der Waals surface area contributed by atoms with Gasteiger partial charge >= 0.3 is 12.0 Å². The highest BCUT2D eigenvalue weighted by atomic mass is 16.4. The molecule has 1 rings (SSSR count). The van der Waals surface area contributed by atoms with E-state index in [0.29, 0.717) is 31.8 Å². The van der Waals surface area contributed by atoms with Gasteiger partial charge in [0.05, 0.1) is 0 Å². The van der Waals surface area contributed by atoms with Crippen molar-refractivity contribution in [1.82, 2.24) is 10.2 Å². The first-order valence-electron chi connectivity index (χ1n) is 5.97. The lowest BCUT2D eigenvalue weighted by atomic mass is 10.1. The van der Waals surface area contributed by atoms with Gasteiger partial charge in [-0.05, 0) is 25.2 Å². The zero-order valence-corrected chi connectivity index (χ0v) is 10.1. The Balaban J connectivity index is 2.41. The van der Waals surface area contributed by atoms with Crippen LogP contribution in [0, 0.1) is 5.92 Å². The van der Waals surface area contributed by atoms with Crippen molar-refractivity contribution in [2.45, 2.75) is 32.2 Å². The number of nitrogens with zero attached hydrogens (tertiary/aromatic N) is 1. The Kier molecular flexibility index (Phi) is 5.21. The molecular weight excluding hydrogens is 224 g/mol. The Morgan fingerprint density at radius 3 is 2.76 bits per heavy atom. The van der Waals surface area contributed by atoms with Crippen LogP contribution in [0.15, 0.2) is 0 Å². The average Bonchev–Trinajstić information content (AvgIpc) is 2.74. The number of carboxylic acids is 1. The quantitative estimate of drug-likeness (QED) is 0.647. The molecule has 17 heavy (non-hydrogen) atoms. The summed E-state index contributed by atoms with van der Waals surface area (Å²) in [5.74, 6) is -0.678. The van der Waals surface area contributed by atoms with Gasteiger partial charge in [-0.3, -0.25) is 0 Å². The Bertz CT molecular complexity index is 283. The van der Waals surface area contributed by atoms with Crippen molar-refractivity contribution < 1.29 is 19.8 Å². The van der Waals surface area contributed by atoms with Crippen LogP contribution in [0.25, 0.3) is 0 Å². The molecule has 1 saturated heterocycles. The lowest BCUT2D eigenvalue weighted by molar-refractivity contribution is -0.139. The van der Waals surface area contributed by atoms with Crippen LogP contribution in [0.2, 0.25) is 0 Å². The summed E-state index contributed by atoms with van der Waals surface area (Å²) in [5, 5.41) is 20.1. The van der Waals surface area contributed by atoms with Gasteiger partial charge in [-0.25, -0.2) is 9.59 Å². The van der Waals surface area contributed by atoms with Gasteiger partial charge in [-0.2, -0.15) is 0 Å². The van der Waals surface area contributed by atoms with Gasteiger partial charge < -0.3 is 20.4 Å². The van der Waals surface area contributed by atoms with Crippen molar-refractivity contribution in [3.05, 3.63) is 0 Å². The fourth-order valence-electron chi connectivity index (χ4n) is 2.01. The minimum Gasteiger partial charge on any atom is -0.480 e. The van der Waals surface area contributed by atoms with Crippen LogP contribution in [0.1, 0.15) is 26.2 Å². The first-order chi connectivity index (χ1) is 8.08. The highest BCUT2D eigenvalue weighted by Gasteiger charge is 2.28. The summed E-state index contributed by atoms with van der Waals surface area (Å²) in [7, 11) is 0. The Morgan fingerprint density at radius 1 is 1.53 bits per heavy atom. The predicted molar refractivity (Wildman–Crippen MR) is 61.6 cm³/mol. The number of hydrogen-bond acceptors (Lipinski definition) is 3. The minimum atomic E-state index is -1.01. The monoisotopic (exact) mass is 244 g/mol. The minimum absolute atomic E-state index is 0.132. The lowest BCUT2D eigenvalue weighted by Crippen LogP contribution is -2.47. The molecule has 0 saturated carbocycles.